The molecule has 3 aliphatic rings. The van der Waals surface area contributed by atoms with E-state index in [0.29, 0.717) is 29.3 Å². The molecule has 9 heteroatoms. The number of hydrogen-bond acceptors (Lipinski definition) is 5. The summed E-state index contributed by atoms with van der Waals surface area (Å²) in [6.07, 6.45) is 5.51. The SMILES string of the molecule is C[C@@H](N)C(=O)Nc1ccc2c(c1)C=C[C@]21NC(=O)N(CC(=O)N(Cc2ccccc2)[C@@H](C)C2CC2)C1=O. The Morgan fingerprint density at radius 2 is 1.89 bits per heavy atom. The summed E-state index contributed by atoms with van der Waals surface area (Å²) in [6, 6.07) is 13.6. The molecule has 1 aliphatic heterocycles. The van der Waals surface area contributed by atoms with Gasteiger partial charge in [0.25, 0.3) is 5.91 Å². The first-order chi connectivity index (χ1) is 17.7. The fourth-order valence-electron chi connectivity index (χ4n) is 5.03. The predicted molar refractivity (Wildman–Crippen MR) is 139 cm³/mol. The van der Waals surface area contributed by atoms with Gasteiger partial charge in [-0.15, -0.1) is 0 Å². The molecule has 192 valence electrons. The summed E-state index contributed by atoms with van der Waals surface area (Å²) < 4.78 is 0. The van der Waals surface area contributed by atoms with E-state index in [-0.39, 0.29) is 24.4 Å². The lowest BCUT2D eigenvalue weighted by atomic mass is 9.91. The Morgan fingerprint density at radius 3 is 2.57 bits per heavy atom. The summed E-state index contributed by atoms with van der Waals surface area (Å²) in [4.78, 5) is 54.9. The largest absolute Gasteiger partial charge is 0.334 e. The molecule has 5 amide bonds. The van der Waals surface area contributed by atoms with E-state index < -0.39 is 23.5 Å². The van der Waals surface area contributed by atoms with Gasteiger partial charge in [0.2, 0.25) is 11.8 Å². The van der Waals surface area contributed by atoms with Gasteiger partial charge in [0.1, 0.15) is 6.54 Å². The standard InChI is InChI=1S/C28H31N5O4/c1-17(29)25(35)30-22-10-11-23-21(14-22)12-13-28(23)26(36)33(27(37)31-28)16-24(34)32(18(2)20-8-9-20)15-19-6-4-3-5-7-19/h3-7,10-14,17-18,20H,8-9,15-16,29H2,1-2H3,(H,30,35)(H,31,37)/t17-,18+,28+/m1/s1. The van der Waals surface area contributed by atoms with Crippen molar-refractivity contribution in [1.29, 1.82) is 0 Å². The second kappa shape index (κ2) is 9.48. The molecule has 0 unspecified atom stereocenters. The number of carbonyl (C=O) groups excluding carboxylic acids is 4. The van der Waals surface area contributed by atoms with Crippen LogP contribution in [0.15, 0.2) is 54.6 Å². The van der Waals surface area contributed by atoms with Gasteiger partial charge >= 0.3 is 6.03 Å². The third-order valence-electron chi connectivity index (χ3n) is 7.41. The van der Waals surface area contributed by atoms with E-state index in [1.165, 1.54) is 0 Å². The molecule has 3 atom stereocenters. The minimum absolute atomic E-state index is 0.0133. The molecule has 2 aromatic carbocycles. The number of amides is 5. The molecule has 1 saturated heterocycles. The molecule has 5 rings (SSSR count). The Kier molecular flexibility index (Phi) is 6.33. The van der Waals surface area contributed by atoms with Crippen molar-refractivity contribution in [3.8, 4) is 0 Å². The Morgan fingerprint density at radius 1 is 1.16 bits per heavy atom. The number of benzene rings is 2. The summed E-state index contributed by atoms with van der Waals surface area (Å²) in [5.41, 5.74) is 7.07. The fourth-order valence-corrected chi connectivity index (χ4v) is 5.03. The Labute approximate surface area is 215 Å². The van der Waals surface area contributed by atoms with Crippen LogP contribution >= 0.6 is 0 Å². The monoisotopic (exact) mass is 501 g/mol. The first-order valence-electron chi connectivity index (χ1n) is 12.6. The number of nitrogens with one attached hydrogen (secondary N) is 2. The van der Waals surface area contributed by atoms with Gasteiger partial charge in [0.15, 0.2) is 5.54 Å². The highest BCUT2D eigenvalue weighted by Crippen LogP contribution is 2.40. The lowest BCUT2D eigenvalue weighted by Crippen LogP contribution is -2.47. The van der Waals surface area contributed by atoms with E-state index in [9.17, 15) is 19.2 Å². The van der Waals surface area contributed by atoms with Gasteiger partial charge in [-0.1, -0.05) is 42.5 Å². The minimum atomic E-state index is -1.37. The molecule has 37 heavy (non-hydrogen) atoms. The van der Waals surface area contributed by atoms with Crippen LogP contribution in [0.4, 0.5) is 10.5 Å². The topological polar surface area (TPSA) is 125 Å². The molecule has 4 N–H and O–H groups in total. The zero-order valence-electron chi connectivity index (χ0n) is 20.9. The molecule has 1 saturated carbocycles. The number of imide groups is 1. The lowest BCUT2D eigenvalue weighted by molar-refractivity contribution is -0.140. The summed E-state index contributed by atoms with van der Waals surface area (Å²) in [5, 5.41) is 5.53. The van der Waals surface area contributed by atoms with Crippen LogP contribution in [0, 0.1) is 5.92 Å². The molecule has 0 radical (unpaired) electrons. The van der Waals surface area contributed by atoms with E-state index in [0.717, 1.165) is 23.3 Å². The van der Waals surface area contributed by atoms with E-state index in [1.54, 1.807) is 42.2 Å². The van der Waals surface area contributed by atoms with Crippen molar-refractivity contribution >= 4 is 35.5 Å². The van der Waals surface area contributed by atoms with Crippen molar-refractivity contribution in [2.45, 2.75) is 50.9 Å². The maximum atomic E-state index is 13.6. The second-order valence-electron chi connectivity index (χ2n) is 10.1. The third kappa shape index (κ3) is 4.62. The number of carbonyl (C=O) groups is 4. The first kappa shape index (κ1) is 24.7. The second-order valence-corrected chi connectivity index (χ2v) is 10.1. The van der Waals surface area contributed by atoms with Gasteiger partial charge in [-0.25, -0.2) is 4.79 Å². The number of anilines is 1. The first-order valence-corrected chi connectivity index (χ1v) is 12.6. The van der Waals surface area contributed by atoms with Crippen LogP contribution in [0.2, 0.25) is 0 Å². The molecule has 2 fully saturated rings. The number of nitrogens with two attached hydrogens (primary N) is 1. The van der Waals surface area contributed by atoms with Crippen LogP contribution in [0.5, 0.6) is 0 Å². The van der Waals surface area contributed by atoms with Crippen molar-refractivity contribution < 1.29 is 19.2 Å². The van der Waals surface area contributed by atoms with Crippen molar-refractivity contribution in [3.63, 3.8) is 0 Å². The average molecular weight is 502 g/mol. The molecule has 9 nitrogen and oxygen atoms in total. The molecule has 0 aromatic heterocycles. The molecule has 0 bridgehead atoms. The van der Waals surface area contributed by atoms with Crippen LogP contribution in [-0.2, 0) is 26.5 Å². The van der Waals surface area contributed by atoms with Crippen molar-refractivity contribution in [2.24, 2.45) is 11.7 Å². The Balaban J connectivity index is 1.35. The maximum absolute atomic E-state index is 13.6. The van der Waals surface area contributed by atoms with Crippen molar-refractivity contribution in [1.82, 2.24) is 15.1 Å². The normalized spacial score (nSPS) is 21.5. The van der Waals surface area contributed by atoms with Crippen LogP contribution in [0.25, 0.3) is 6.08 Å². The van der Waals surface area contributed by atoms with Crippen molar-refractivity contribution in [3.05, 3.63) is 71.3 Å². The summed E-state index contributed by atoms with van der Waals surface area (Å²) in [6.45, 7) is 3.71. The van der Waals surface area contributed by atoms with Gasteiger partial charge in [-0.05, 0) is 67.5 Å². The van der Waals surface area contributed by atoms with Gasteiger partial charge in [-0.3, -0.25) is 19.3 Å². The molecular weight excluding hydrogens is 470 g/mol. The Bertz CT molecular complexity index is 1290. The summed E-state index contributed by atoms with van der Waals surface area (Å²) in [5.74, 6) is -0.650. The van der Waals surface area contributed by atoms with Gasteiger partial charge < -0.3 is 21.3 Å². The maximum Gasteiger partial charge on any atom is 0.326 e. The van der Waals surface area contributed by atoms with Crippen LogP contribution in [-0.4, -0.2) is 52.2 Å². The Hall–Kier alpha value is -3.98. The quantitative estimate of drug-likeness (QED) is 0.480. The third-order valence-corrected chi connectivity index (χ3v) is 7.41. The van der Waals surface area contributed by atoms with Gasteiger partial charge in [0.05, 0.1) is 6.04 Å². The fraction of sp³-hybridized carbons (Fsp3) is 0.357. The van der Waals surface area contributed by atoms with E-state index in [4.69, 9.17) is 5.73 Å². The highest BCUT2D eigenvalue weighted by molar-refractivity contribution is 6.12. The minimum Gasteiger partial charge on any atom is -0.334 e. The predicted octanol–water partition coefficient (Wildman–Crippen LogP) is 2.57. The average Bonchev–Trinajstić information content (AvgIpc) is 3.63. The molecule has 2 aromatic rings. The van der Waals surface area contributed by atoms with E-state index in [2.05, 4.69) is 10.6 Å². The number of nitrogens with zero attached hydrogens (tertiary/aromatic N) is 2. The van der Waals surface area contributed by atoms with Crippen LogP contribution in [0.1, 0.15) is 43.4 Å². The number of fused-ring (bicyclic) bond motifs is 2. The summed E-state index contributed by atoms with van der Waals surface area (Å²) >= 11 is 0. The van der Waals surface area contributed by atoms with E-state index in [1.807, 2.05) is 37.3 Å². The van der Waals surface area contributed by atoms with E-state index >= 15 is 0 Å². The smallest absolute Gasteiger partial charge is 0.326 e. The number of hydrogen-bond donors (Lipinski definition) is 3. The molecule has 1 spiro atoms. The molecular formula is C28H31N5O4. The zero-order valence-corrected chi connectivity index (χ0v) is 20.9. The number of rotatable bonds is 8. The van der Waals surface area contributed by atoms with Gasteiger partial charge in [0, 0.05) is 18.3 Å². The van der Waals surface area contributed by atoms with Crippen LogP contribution < -0.4 is 16.4 Å². The highest BCUT2D eigenvalue weighted by atomic mass is 16.2. The summed E-state index contributed by atoms with van der Waals surface area (Å²) in [7, 11) is 0. The number of urea groups is 1. The van der Waals surface area contributed by atoms with Crippen molar-refractivity contribution in [2.75, 3.05) is 11.9 Å². The van der Waals surface area contributed by atoms with Crippen LogP contribution in [0.3, 0.4) is 0 Å². The van der Waals surface area contributed by atoms with Gasteiger partial charge in [-0.2, -0.15) is 0 Å². The molecule has 2 aliphatic carbocycles. The zero-order chi connectivity index (χ0) is 26.3. The highest BCUT2D eigenvalue weighted by Gasteiger charge is 2.54. The lowest BCUT2D eigenvalue weighted by Gasteiger charge is -2.31. The molecule has 1 heterocycles.